The average molecular weight is 274 g/mol. The van der Waals surface area contributed by atoms with Crippen LogP contribution in [0.4, 0.5) is 0 Å². The van der Waals surface area contributed by atoms with Crippen LogP contribution in [0.2, 0.25) is 0 Å². The van der Waals surface area contributed by atoms with Crippen molar-refractivity contribution in [1.82, 2.24) is 9.55 Å². The molecule has 0 amide bonds. The van der Waals surface area contributed by atoms with Gasteiger partial charge in [0.05, 0.1) is 11.0 Å². The number of nitrogens with one attached hydrogen (secondary N) is 1. The zero-order valence-corrected chi connectivity index (χ0v) is 12.4. The van der Waals surface area contributed by atoms with E-state index in [1.54, 1.807) is 0 Å². The molecule has 0 spiro atoms. The summed E-state index contributed by atoms with van der Waals surface area (Å²) in [5.74, 6) is 0.908. The Morgan fingerprint density at radius 3 is 2.84 bits per heavy atom. The molecule has 1 saturated carbocycles. The fourth-order valence-corrected chi connectivity index (χ4v) is 3.62. The normalized spacial score (nSPS) is 17.1. The first-order valence-corrected chi connectivity index (χ1v) is 7.84. The Bertz CT molecular complexity index is 617. The van der Waals surface area contributed by atoms with Gasteiger partial charge in [0, 0.05) is 6.54 Å². The molecule has 0 saturated heterocycles. The minimum atomic E-state index is 0.875. The molecule has 1 aliphatic carbocycles. The second kappa shape index (κ2) is 5.49. The van der Waals surface area contributed by atoms with Crippen LogP contribution in [0.15, 0.2) is 18.2 Å². The maximum absolute atomic E-state index is 5.49. The van der Waals surface area contributed by atoms with Gasteiger partial charge in [-0.3, -0.25) is 0 Å². The van der Waals surface area contributed by atoms with Crippen molar-refractivity contribution < 1.29 is 0 Å². The van der Waals surface area contributed by atoms with Crippen LogP contribution < -0.4 is 0 Å². The summed E-state index contributed by atoms with van der Waals surface area (Å²) >= 11 is 5.49. The maximum atomic E-state index is 5.49. The monoisotopic (exact) mass is 274 g/mol. The van der Waals surface area contributed by atoms with Crippen molar-refractivity contribution in [2.24, 2.45) is 5.92 Å². The van der Waals surface area contributed by atoms with Crippen LogP contribution in [0, 0.1) is 17.6 Å². The van der Waals surface area contributed by atoms with Crippen LogP contribution in [0.1, 0.15) is 44.1 Å². The zero-order valence-electron chi connectivity index (χ0n) is 11.6. The maximum Gasteiger partial charge on any atom is 0.178 e. The number of fused-ring (bicyclic) bond motifs is 1. The smallest absolute Gasteiger partial charge is 0.178 e. The van der Waals surface area contributed by atoms with Crippen molar-refractivity contribution in [2.45, 2.75) is 52.0 Å². The predicted octanol–water partition coefficient (Wildman–Crippen LogP) is 4.98. The largest absolute Gasteiger partial charge is 0.330 e. The van der Waals surface area contributed by atoms with Gasteiger partial charge in [-0.15, -0.1) is 0 Å². The molecule has 0 radical (unpaired) electrons. The highest BCUT2D eigenvalue weighted by atomic mass is 32.1. The van der Waals surface area contributed by atoms with Crippen molar-refractivity contribution in [3.8, 4) is 0 Å². The molecule has 0 bridgehead atoms. The average Bonchev–Trinajstić information content (AvgIpc) is 2.75. The van der Waals surface area contributed by atoms with E-state index in [1.165, 1.54) is 55.1 Å². The molecule has 2 nitrogen and oxygen atoms in total. The number of nitrogens with zero attached hydrogens (tertiary/aromatic N) is 1. The Balaban J connectivity index is 1.82. The molecule has 1 aliphatic rings. The molecule has 1 aromatic carbocycles. The van der Waals surface area contributed by atoms with Gasteiger partial charge in [-0.1, -0.05) is 44.2 Å². The van der Waals surface area contributed by atoms with E-state index in [4.69, 9.17) is 12.2 Å². The number of hydrogen-bond donors (Lipinski definition) is 1. The van der Waals surface area contributed by atoms with Gasteiger partial charge < -0.3 is 9.55 Å². The van der Waals surface area contributed by atoms with Crippen LogP contribution in [0.3, 0.4) is 0 Å². The highest BCUT2D eigenvalue weighted by Crippen LogP contribution is 2.27. The topological polar surface area (TPSA) is 20.7 Å². The molecule has 2 aromatic rings. The highest BCUT2D eigenvalue weighted by Gasteiger charge is 2.14. The van der Waals surface area contributed by atoms with Crippen molar-refractivity contribution in [2.75, 3.05) is 0 Å². The minimum absolute atomic E-state index is 0.875. The molecule has 0 aliphatic heterocycles. The number of imidazole rings is 1. The number of aromatic nitrogens is 2. The lowest BCUT2D eigenvalue weighted by Gasteiger charge is -2.21. The third kappa shape index (κ3) is 2.62. The molecule has 102 valence electrons. The molecule has 3 heteroatoms. The molecule has 1 heterocycles. The predicted molar refractivity (Wildman–Crippen MR) is 83.1 cm³/mol. The fraction of sp³-hybridized carbons (Fsp3) is 0.562. The van der Waals surface area contributed by atoms with E-state index in [9.17, 15) is 0 Å². The Morgan fingerprint density at radius 2 is 2.05 bits per heavy atom. The van der Waals surface area contributed by atoms with Gasteiger partial charge in [0.2, 0.25) is 0 Å². The van der Waals surface area contributed by atoms with Crippen molar-refractivity contribution in [1.29, 1.82) is 0 Å². The second-order valence-electron chi connectivity index (χ2n) is 5.84. The summed E-state index contributed by atoms with van der Waals surface area (Å²) in [5.41, 5.74) is 3.75. The van der Waals surface area contributed by atoms with Crippen molar-refractivity contribution >= 4 is 23.3 Å². The lowest BCUT2D eigenvalue weighted by Crippen LogP contribution is -2.10. The van der Waals surface area contributed by atoms with E-state index in [2.05, 4.69) is 34.7 Å². The van der Waals surface area contributed by atoms with E-state index < -0.39 is 0 Å². The number of aryl methyl sites for hydroxylation is 2. The highest BCUT2D eigenvalue weighted by molar-refractivity contribution is 7.71. The van der Waals surface area contributed by atoms with Crippen LogP contribution in [0.25, 0.3) is 11.0 Å². The summed E-state index contributed by atoms with van der Waals surface area (Å²) in [6.07, 6.45) is 8.37. The van der Waals surface area contributed by atoms with E-state index in [1.807, 2.05) is 0 Å². The van der Waals surface area contributed by atoms with Crippen molar-refractivity contribution in [3.63, 3.8) is 0 Å². The third-order valence-electron chi connectivity index (χ3n) is 4.50. The van der Waals surface area contributed by atoms with Crippen LogP contribution in [0.5, 0.6) is 0 Å². The number of benzene rings is 1. The standard InChI is InChI=1S/C16H22N2S/c1-12-6-5-9-14-15(12)17-16(19)18(14)11-10-13-7-3-2-4-8-13/h5-6,9,13H,2-4,7-8,10-11H2,1H3,(H,17,19). The summed E-state index contributed by atoms with van der Waals surface area (Å²) in [7, 11) is 0. The van der Waals surface area contributed by atoms with E-state index >= 15 is 0 Å². The molecule has 0 unspecified atom stereocenters. The van der Waals surface area contributed by atoms with Gasteiger partial charge in [-0.25, -0.2) is 0 Å². The van der Waals surface area contributed by atoms with Gasteiger partial charge >= 0.3 is 0 Å². The van der Waals surface area contributed by atoms with Crippen LogP contribution in [-0.2, 0) is 6.54 Å². The van der Waals surface area contributed by atoms with E-state index in [-0.39, 0.29) is 0 Å². The molecular formula is C16H22N2S. The minimum Gasteiger partial charge on any atom is -0.330 e. The first-order chi connectivity index (χ1) is 9.25. The number of aromatic amines is 1. The van der Waals surface area contributed by atoms with Gasteiger partial charge in [-0.2, -0.15) is 0 Å². The Labute approximate surface area is 119 Å². The number of H-pyrrole nitrogens is 1. The quantitative estimate of drug-likeness (QED) is 0.783. The Kier molecular flexibility index (Phi) is 3.74. The van der Waals surface area contributed by atoms with E-state index in [0.717, 1.165) is 17.2 Å². The first-order valence-electron chi connectivity index (χ1n) is 7.44. The van der Waals surface area contributed by atoms with Gasteiger partial charge in [0.1, 0.15) is 0 Å². The van der Waals surface area contributed by atoms with E-state index in [0.29, 0.717) is 0 Å². The Hall–Kier alpha value is -1.09. The van der Waals surface area contributed by atoms with Crippen LogP contribution >= 0.6 is 12.2 Å². The summed E-state index contributed by atoms with van der Waals surface area (Å²) in [5, 5.41) is 0. The second-order valence-corrected chi connectivity index (χ2v) is 6.23. The van der Waals surface area contributed by atoms with Gasteiger partial charge in [0.25, 0.3) is 0 Å². The molecular weight excluding hydrogens is 252 g/mol. The lowest BCUT2D eigenvalue weighted by atomic mass is 9.87. The first kappa shape index (κ1) is 12.9. The molecule has 1 fully saturated rings. The SMILES string of the molecule is Cc1cccc2c1[nH]c(=S)n2CCC1CCCCC1. The van der Waals surface area contributed by atoms with Crippen molar-refractivity contribution in [3.05, 3.63) is 28.5 Å². The Morgan fingerprint density at radius 1 is 1.26 bits per heavy atom. The van der Waals surface area contributed by atoms with Gasteiger partial charge in [0.15, 0.2) is 4.77 Å². The van der Waals surface area contributed by atoms with Gasteiger partial charge in [-0.05, 0) is 43.1 Å². The van der Waals surface area contributed by atoms with Crippen LogP contribution in [-0.4, -0.2) is 9.55 Å². The number of rotatable bonds is 3. The molecule has 0 atom stereocenters. The fourth-order valence-electron chi connectivity index (χ4n) is 3.33. The molecule has 1 N–H and O–H groups in total. The zero-order chi connectivity index (χ0) is 13.2. The lowest BCUT2D eigenvalue weighted by molar-refractivity contribution is 0.325. The molecule has 19 heavy (non-hydrogen) atoms. The summed E-state index contributed by atoms with van der Waals surface area (Å²) in [4.78, 5) is 3.36. The summed E-state index contributed by atoms with van der Waals surface area (Å²) in [6, 6.07) is 6.44. The summed E-state index contributed by atoms with van der Waals surface area (Å²) < 4.78 is 3.16. The molecule has 3 rings (SSSR count). The molecule has 1 aromatic heterocycles. The summed E-state index contributed by atoms with van der Waals surface area (Å²) in [6.45, 7) is 3.20. The number of hydrogen-bond acceptors (Lipinski definition) is 1. The third-order valence-corrected chi connectivity index (χ3v) is 4.83. The number of para-hydroxylation sites is 1.